The summed E-state index contributed by atoms with van der Waals surface area (Å²) in [7, 11) is 0. The number of hydrogen-bond acceptors (Lipinski definition) is 2. The number of carbonyl (C=O) groups is 1. The van der Waals surface area contributed by atoms with Crippen LogP contribution in [-0.2, 0) is 4.74 Å². The van der Waals surface area contributed by atoms with E-state index in [0.717, 1.165) is 29.6 Å². The molecule has 2 aromatic rings. The van der Waals surface area contributed by atoms with Crippen molar-refractivity contribution in [2.24, 2.45) is 0 Å². The van der Waals surface area contributed by atoms with Crippen molar-refractivity contribution in [3.63, 3.8) is 0 Å². The van der Waals surface area contributed by atoms with Crippen LogP contribution in [0.15, 0.2) is 30.5 Å². The van der Waals surface area contributed by atoms with E-state index in [1.165, 1.54) is 4.90 Å². The fourth-order valence-corrected chi connectivity index (χ4v) is 3.36. The van der Waals surface area contributed by atoms with Crippen LogP contribution >= 0.6 is 0 Å². The van der Waals surface area contributed by atoms with E-state index in [4.69, 9.17) is 4.74 Å². The van der Waals surface area contributed by atoms with Crippen LogP contribution in [0.1, 0.15) is 31.1 Å². The van der Waals surface area contributed by atoms with Gasteiger partial charge in [0.25, 0.3) is 0 Å². The van der Waals surface area contributed by atoms with Gasteiger partial charge in [0.1, 0.15) is 31.3 Å². The average molecular weight is 287 g/mol. The zero-order valence-electron chi connectivity index (χ0n) is 12.8. The molecule has 0 saturated carbocycles. The molecule has 3 rings (SSSR count). The van der Waals surface area contributed by atoms with Crippen molar-refractivity contribution in [1.82, 2.24) is 4.98 Å². The van der Waals surface area contributed by atoms with Gasteiger partial charge in [-0.15, -0.1) is 0 Å². The molecule has 1 aliphatic heterocycles. The van der Waals surface area contributed by atoms with E-state index >= 15 is 0 Å². The maximum Gasteiger partial charge on any atom is 0.221 e. The van der Waals surface area contributed by atoms with Crippen molar-refractivity contribution >= 4 is 16.7 Å². The lowest BCUT2D eigenvalue weighted by Crippen LogP contribution is -3.19. The minimum Gasteiger partial charge on any atom is -0.364 e. The third-order valence-corrected chi connectivity index (χ3v) is 4.42. The highest BCUT2D eigenvalue weighted by molar-refractivity contribution is 6.09. The molecule has 0 radical (unpaired) electrons. The number of fused-ring (bicyclic) bond motifs is 1. The van der Waals surface area contributed by atoms with Gasteiger partial charge < -0.3 is 14.6 Å². The highest BCUT2D eigenvalue weighted by Gasteiger charge is 2.34. The first-order chi connectivity index (χ1) is 10.1. The van der Waals surface area contributed by atoms with Crippen molar-refractivity contribution in [3.05, 3.63) is 36.0 Å². The standard InChI is InChI=1S/C17H22N2O2/c1-11-9-19(10-12(2)21-11)13(3)17(20)15-8-18-16-7-5-4-6-14(15)16/h4-8,11-13,18H,9-10H2,1-3H3/p+1/t11-,12+,13-/m0/s1. The average Bonchev–Trinajstić information content (AvgIpc) is 2.88. The number of quaternary nitrogens is 1. The number of Topliss-reactive ketones (excluding diaryl/α,β-unsaturated/α-hetero) is 1. The molecule has 0 aliphatic carbocycles. The molecule has 1 aromatic carbocycles. The highest BCUT2D eigenvalue weighted by atomic mass is 16.5. The molecule has 2 heterocycles. The third-order valence-electron chi connectivity index (χ3n) is 4.42. The van der Waals surface area contributed by atoms with Gasteiger partial charge >= 0.3 is 0 Å². The molecule has 2 N–H and O–H groups in total. The molecule has 1 aromatic heterocycles. The normalized spacial score (nSPS) is 27.7. The number of para-hydroxylation sites is 1. The molecule has 4 atom stereocenters. The van der Waals surface area contributed by atoms with E-state index in [-0.39, 0.29) is 24.0 Å². The number of hydrogen-bond donors (Lipinski definition) is 2. The smallest absolute Gasteiger partial charge is 0.221 e. The minimum atomic E-state index is -0.0435. The Labute approximate surface area is 125 Å². The van der Waals surface area contributed by atoms with Crippen molar-refractivity contribution in [2.45, 2.75) is 39.0 Å². The summed E-state index contributed by atoms with van der Waals surface area (Å²) < 4.78 is 5.77. The number of rotatable bonds is 3. The fraction of sp³-hybridized carbons (Fsp3) is 0.471. The number of aromatic amines is 1. The van der Waals surface area contributed by atoms with Crippen LogP contribution in [0.25, 0.3) is 10.9 Å². The molecule has 0 amide bonds. The topological polar surface area (TPSA) is 46.5 Å². The predicted octanol–water partition coefficient (Wildman–Crippen LogP) is 1.43. The number of morpholine rings is 1. The molecule has 1 aliphatic rings. The maximum atomic E-state index is 12.9. The third kappa shape index (κ3) is 2.74. The summed E-state index contributed by atoms with van der Waals surface area (Å²) in [6.45, 7) is 7.97. The van der Waals surface area contributed by atoms with Crippen LogP contribution in [0.5, 0.6) is 0 Å². The van der Waals surface area contributed by atoms with E-state index in [1.54, 1.807) is 0 Å². The molecule has 0 bridgehead atoms. The highest BCUT2D eigenvalue weighted by Crippen LogP contribution is 2.18. The molecule has 4 heteroatoms. The van der Waals surface area contributed by atoms with E-state index in [2.05, 4.69) is 18.8 Å². The zero-order valence-corrected chi connectivity index (χ0v) is 12.8. The van der Waals surface area contributed by atoms with E-state index in [0.29, 0.717) is 0 Å². The van der Waals surface area contributed by atoms with Gasteiger partial charge in [0.2, 0.25) is 5.78 Å². The number of nitrogens with one attached hydrogen (secondary N) is 2. The first-order valence-electron chi connectivity index (χ1n) is 7.66. The van der Waals surface area contributed by atoms with Crippen LogP contribution in [0, 0.1) is 0 Å². The van der Waals surface area contributed by atoms with Gasteiger partial charge in [-0.2, -0.15) is 0 Å². The molecule has 1 fully saturated rings. The molecule has 4 nitrogen and oxygen atoms in total. The van der Waals surface area contributed by atoms with Gasteiger partial charge in [0.15, 0.2) is 0 Å². The molecule has 1 saturated heterocycles. The lowest BCUT2D eigenvalue weighted by Gasteiger charge is -2.35. The second-order valence-electron chi connectivity index (χ2n) is 6.16. The first-order valence-corrected chi connectivity index (χ1v) is 7.66. The Morgan fingerprint density at radius 3 is 2.67 bits per heavy atom. The van der Waals surface area contributed by atoms with Gasteiger partial charge in [0.05, 0.1) is 0 Å². The summed E-state index contributed by atoms with van der Waals surface area (Å²) in [5, 5.41) is 1.02. The molecule has 1 unspecified atom stereocenters. The van der Waals surface area contributed by atoms with Crippen LogP contribution in [0.4, 0.5) is 0 Å². The number of H-pyrrole nitrogens is 1. The van der Waals surface area contributed by atoms with E-state index < -0.39 is 0 Å². The van der Waals surface area contributed by atoms with E-state index in [9.17, 15) is 4.79 Å². The summed E-state index contributed by atoms with van der Waals surface area (Å²) in [5.41, 5.74) is 1.82. The van der Waals surface area contributed by atoms with Gasteiger partial charge in [-0.3, -0.25) is 4.79 Å². The van der Waals surface area contributed by atoms with Gasteiger partial charge in [-0.1, -0.05) is 18.2 Å². The Morgan fingerprint density at radius 2 is 1.95 bits per heavy atom. The molecule has 21 heavy (non-hydrogen) atoms. The van der Waals surface area contributed by atoms with Crippen LogP contribution in [0.3, 0.4) is 0 Å². The van der Waals surface area contributed by atoms with Gasteiger partial charge in [-0.25, -0.2) is 0 Å². The van der Waals surface area contributed by atoms with Crippen molar-refractivity contribution < 1.29 is 14.4 Å². The van der Waals surface area contributed by atoms with E-state index in [1.807, 2.05) is 37.4 Å². The number of carbonyl (C=O) groups excluding carboxylic acids is 1. The Balaban J connectivity index is 1.84. The van der Waals surface area contributed by atoms with Crippen LogP contribution in [0.2, 0.25) is 0 Å². The number of benzene rings is 1. The second kappa shape index (κ2) is 5.62. The van der Waals surface area contributed by atoms with Crippen molar-refractivity contribution in [1.29, 1.82) is 0 Å². The lowest BCUT2D eigenvalue weighted by molar-refractivity contribution is -0.928. The maximum absolute atomic E-state index is 12.9. The number of ether oxygens (including phenoxy) is 1. The zero-order chi connectivity index (χ0) is 15.0. The Morgan fingerprint density at radius 1 is 1.29 bits per heavy atom. The minimum absolute atomic E-state index is 0.0435. The Bertz CT molecular complexity index is 639. The molecular formula is C17H23N2O2+. The van der Waals surface area contributed by atoms with Crippen LogP contribution < -0.4 is 4.90 Å². The summed E-state index contributed by atoms with van der Waals surface area (Å²) in [6.07, 6.45) is 2.26. The summed E-state index contributed by atoms with van der Waals surface area (Å²) in [4.78, 5) is 17.4. The second-order valence-corrected chi connectivity index (χ2v) is 6.16. The first kappa shape index (κ1) is 14.3. The quantitative estimate of drug-likeness (QED) is 0.839. The van der Waals surface area contributed by atoms with Crippen LogP contribution in [-0.4, -0.2) is 42.1 Å². The fourth-order valence-electron chi connectivity index (χ4n) is 3.36. The monoisotopic (exact) mass is 287 g/mol. The summed E-state index contributed by atoms with van der Waals surface area (Å²) >= 11 is 0. The number of ketones is 1. The lowest BCUT2D eigenvalue weighted by atomic mass is 10.0. The van der Waals surface area contributed by atoms with Crippen molar-refractivity contribution in [2.75, 3.05) is 13.1 Å². The molecular weight excluding hydrogens is 264 g/mol. The predicted molar refractivity (Wildman–Crippen MR) is 82.8 cm³/mol. The van der Waals surface area contributed by atoms with Crippen molar-refractivity contribution in [3.8, 4) is 0 Å². The molecule has 112 valence electrons. The van der Waals surface area contributed by atoms with Gasteiger partial charge in [0, 0.05) is 22.7 Å². The SMILES string of the molecule is C[C@@H]1C[NH+]([C@@H](C)C(=O)c2c[nH]c3ccccc23)C[C@H](C)O1. The Hall–Kier alpha value is -1.65. The Kier molecular flexibility index (Phi) is 3.83. The number of aromatic nitrogens is 1. The van der Waals surface area contributed by atoms with Gasteiger partial charge in [-0.05, 0) is 26.8 Å². The molecule has 0 spiro atoms. The largest absolute Gasteiger partial charge is 0.364 e. The summed E-state index contributed by atoms with van der Waals surface area (Å²) in [6, 6.07) is 7.92. The summed E-state index contributed by atoms with van der Waals surface area (Å²) in [5.74, 6) is 0.212.